The molecule has 1 aromatic heterocycles. The van der Waals surface area contributed by atoms with Gasteiger partial charge in [-0.3, -0.25) is 14.5 Å². The highest BCUT2D eigenvalue weighted by Gasteiger charge is 2.34. The maximum Gasteiger partial charge on any atom is 0.279 e. The highest BCUT2D eigenvalue weighted by Crippen LogP contribution is 2.28. The zero-order valence-corrected chi connectivity index (χ0v) is 17.2. The van der Waals surface area contributed by atoms with Crippen molar-refractivity contribution in [2.45, 2.75) is 20.0 Å². The number of ether oxygens (including phenoxy) is 2. The second-order valence-electron chi connectivity index (χ2n) is 6.77. The zero-order valence-electron chi connectivity index (χ0n) is 16.4. The molecule has 0 spiro atoms. The van der Waals surface area contributed by atoms with Gasteiger partial charge in [0.05, 0.1) is 30.0 Å². The van der Waals surface area contributed by atoms with Gasteiger partial charge in [-0.05, 0) is 50.2 Å². The standard InChI is InChI=1S/C23H18N2O4S/c1-15(2)28-16-9-11-17(12-10-16)29-23-24-14-18(30-23)6-5-13-25-21(26)19-7-3-4-8-20(19)22(25)27/h3-4,7-12,14-15H,13H2,1-2H3. The SMILES string of the molecule is CC(C)Oc1ccc(Oc2ncc(C#CCN3C(=O)c4ccccc4C3=O)s2)cc1. The fourth-order valence-electron chi connectivity index (χ4n) is 2.91. The molecule has 0 N–H and O–H groups in total. The van der Waals surface area contributed by atoms with E-state index in [4.69, 9.17) is 9.47 Å². The van der Waals surface area contributed by atoms with E-state index in [2.05, 4.69) is 16.8 Å². The molecule has 0 aliphatic carbocycles. The normalized spacial score (nSPS) is 12.6. The molecule has 4 rings (SSSR count). The monoisotopic (exact) mass is 418 g/mol. The lowest BCUT2D eigenvalue weighted by Gasteiger charge is -2.09. The van der Waals surface area contributed by atoms with Crippen LogP contribution in [0, 0.1) is 11.8 Å². The first-order valence-electron chi connectivity index (χ1n) is 9.36. The number of thiazole rings is 1. The van der Waals surface area contributed by atoms with Gasteiger partial charge in [0, 0.05) is 0 Å². The van der Waals surface area contributed by atoms with E-state index in [0.29, 0.717) is 26.9 Å². The summed E-state index contributed by atoms with van der Waals surface area (Å²) in [5.74, 6) is 6.60. The second kappa shape index (κ2) is 8.39. The Balaban J connectivity index is 1.37. The lowest BCUT2D eigenvalue weighted by molar-refractivity contribution is 0.0675. The zero-order chi connectivity index (χ0) is 21.1. The highest BCUT2D eigenvalue weighted by molar-refractivity contribution is 7.13. The number of rotatable bonds is 5. The third-order valence-corrected chi connectivity index (χ3v) is 5.00. The summed E-state index contributed by atoms with van der Waals surface area (Å²) in [4.78, 5) is 30.7. The molecular formula is C23H18N2O4S. The Labute approximate surface area is 178 Å². The van der Waals surface area contributed by atoms with Crippen LogP contribution in [0.25, 0.3) is 0 Å². The number of hydrogen-bond acceptors (Lipinski definition) is 6. The fraction of sp³-hybridized carbons (Fsp3) is 0.174. The van der Waals surface area contributed by atoms with E-state index in [9.17, 15) is 9.59 Å². The van der Waals surface area contributed by atoms with Crippen LogP contribution in [0.4, 0.5) is 0 Å². The van der Waals surface area contributed by atoms with Crippen molar-refractivity contribution in [2.24, 2.45) is 0 Å². The molecule has 0 saturated carbocycles. The quantitative estimate of drug-likeness (QED) is 0.455. The summed E-state index contributed by atoms with van der Waals surface area (Å²) < 4.78 is 11.3. The summed E-state index contributed by atoms with van der Waals surface area (Å²) in [6.07, 6.45) is 1.71. The molecule has 2 aromatic carbocycles. The van der Waals surface area contributed by atoms with Crippen LogP contribution in [0.15, 0.2) is 54.7 Å². The van der Waals surface area contributed by atoms with Gasteiger partial charge in [-0.2, -0.15) is 0 Å². The lowest BCUT2D eigenvalue weighted by Crippen LogP contribution is -2.29. The van der Waals surface area contributed by atoms with Crippen molar-refractivity contribution >= 4 is 23.2 Å². The second-order valence-corrected chi connectivity index (χ2v) is 7.77. The van der Waals surface area contributed by atoms with Gasteiger partial charge in [0.15, 0.2) is 0 Å². The Morgan fingerprint density at radius 3 is 2.27 bits per heavy atom. The molecule has 0 bridgehead atoms. The number of fused-ring (bicyclic) bond motifs is 1. The van der Waals surface area contributed by atoms with Gasteiger partial charge in [-0.25, -0.2) is 4.98 Å². The van der Waals surface area contributed by atoms with Gasteiger partial charge in [-0.15, -0.1) is 0 Å². The maximum absolute atomic E-state index is 12.3. The molecule has 150 valence electrons. The van der Waals surface area contributed by atoms with E-state index in [1.54, 1.807) is 30.5 Å². The van der Waals surface area contributed by atoms with E-state index in [1.165, 1.54) is 11.3 Å². The topological polar surface area (TPSA) is 68.7 Å². The molecule has 7 heteroatoms. The van der Waals surface area contributed by atoms with E-state index < -0.39 is 0 Å². The van der Waals surface area contributed by atoms with Crippen molar-refractivity contribution in [1.82, 2.24) is 9.88 Å². The van der Waals surface area contributed by atoms with E-state index >= 15 is 0 Å². The minimum atomic E-state index is -0.317. The number of carbonyl (C=O) groups is 2. The fourth-order valence-corrected chi connectivity index (χ4v) is 3.57. The number of benzene rings is 2. The molecule has 0 radical (unpaired) electrons. The van der Waals surface area contributed by atoms with Crippen molar-refractivity contribution in [2.75, 3.05) is 6.54 Å². The van der Waals surface area contributed by atoms with Gasteiger partial charge in [-0.1, -0.05) is 35.3 Å². The molecular weight excluding hydrogens is 400 g/mol. The molecule has 6 nitrogen and oxygen atoms in total. The van der Waals surface area contributed by atoms with Crippen LogP contribution in [0.1, 0.15) is 39.4 Å². The van der Waals surface area contributed by atoms with Crippen LogP contribution in [0.5, 0.6) is 16.7 Å². The third kappa shape index (κ3) is 4.19. The molecule has 0 atom stereocenters. The Hall–Kier alpha value is -3.63. The molecule has 1 aliphatic heterocycles. The average Bonchev–Trinajstić information content (AvgIpc) is 3.27. The maximum atomic E-state index is 12.3. The minimum absolute atomic E-state index is 0.0255. The van der Waals surface area contributed by atoms with Crippen molar-refractivity contribution in [3.8, 4) is 28.5 Å². The Bertz CT molecular complexity index is 1120. The van der Waals surface area contributed by atoms with Crippen LogP contribution in [-0.2, 0) is 0 Å². The summed E-state index contributed by atoms with van der Waals surface area (Å²) in [6, 6.07) is 14.1. The van der Waals surface area contributed by atoms with Crippen LogP contribution >= 0.6 is 11.3 Å². The summed E-state index contributed by atoms with van der Waals surface area (Å²) in [6.45, 7) is 3.96. The molecule has 2 amide bonds. The van der Waals surface area contributed by atoms with Crippen LogP contribution in [-0.4, -0.2) is 34.3 Å². The number of imide groups is 1. The van der Waals surface area contributed by atoms with Crippen LogP contribution in [0.3, 0.4) is 0 Å². The van der Waals surface area contributed by atoms with E-state index in [0.717, 1.165) is 10.6 Å². The highest BCUT2D eigenvalue weighted by atomic mass is 32.1. The smallest absolute Gasteiger partial charge is 0.279 e. The molecule has 0 fully saturated rings. The Morgan fingerprint density at radius 1 is 1.00 bits per heavy atom. The van der Waals surface area contributed by atoms with Gasteiger partial charge in [0.2, 0.25) is 0 Å². The van der Waals surface area contributed by atoms with Gasteiger partial charge in [0.25, 0.3) is 17.0 Å². The Kier molecular flexibility index (Phi) is 5.50. The predicted octanol–water partition coefficient (Wildman–Crippen LogP) is 4.37. The molecule has 0 unspecified atom stereocenters. The van der Waals surface area contributed by atoms with Crippen molar-refractivity contribution in [3.63, 3.8) is 0 Å². The predicted molar refractivity (Wildman–Crippen MR) is 113 cm³/mol. The molecule has 1 aliphatic rings. The first kappa shape index (κ1) is 19.7. The summed E-state index contributed by atoms with van der Waals surface area (Å²) in [5.41, 5.74) is 0.838. The van der Waals surface area contributed by atoms with Crippen molar-refractivity contribution in [3.05, 3.63) is 70.7 Å². The van der Waals surface area contributed by atoms with E-state index in [1.807, 2.05) is 38.1 Å². The molecule has 3 aromatic rings. The van der Waals surface area contributed by atoms with Crippen molar-refractivity contribution < 1.29 is 19.1 Å². The number of amides is 2. The summed E-state index contributed by atoms with van der Waals surface area (Å²) in [7, 11) is 0. The lowest BCUT2D eigenvalue weighted by atomic mass is 10.1. The van der Waals surface area contributed by atoms with Gasteiger partial charge in [0.1, 0.15) is 16.4 Å². The number of nitrogens with zero attached hydrogens (tertiary/aromatic N) is 2. The molecule has 2 heterocycles. The molecule has 30 heavy (non-hydrogen) atoms. The van der Waals surface area contributed by atoms with Crippen LogP contribution < -0.4 is 9.47 Å². The minimum Gasteiger partial charge on any atom is -0.491 e. The first-order chi connectivity index (χ1) is 14.5. The summed E-state index contributed by atoms with van der Waals surface area (Å²) >= 11 is 1.29. The first-order valence-corrected chi connectivity index (χ1v) is 10.2. The Morgan fingerprint density at radius 2 is 1.63 bits per heavy atom. The third-order valence-electron chi connectivity index (χ3n) is 4.21. The summed E-state index contributed by atoms with van der Waals surface area (Å²) in [5, 5.41) is 0.456. The van der Waals surface area contributed by atoms with E-state index in [-0.39, 0.29) is 24.5 Å². The van der Waals surface area contributed by atoms with Crippen LogP contribution in [0.2, 0.25) is 0 Å². The number of hydrogen-bond donors (Lipinski definition) is 0. The largest absolute Gasteiger partial charge is 0.491 e. The van der Waals surface area contributed by atoms with Gasteiger partial charge >= 0.3 is 0 Å². The van der Waals surface area contributed by atoms with Gasteiger partial charge < -0.3 is 9.47 Å². The molecule has 0 saturated heterocycles. The van der Waals surface area contributed by atoms with Crippen molar-refractivity contribution in [1.29, 1.82) is 0 Å². The number of aromatic nitrogens is 1. The number of carbonyl (C=O) groups excluding carboxylic acids is 2. The average molecular weight is 418 g/mol.